The molecule has 1 aliphatic carbocycles. The predicted octanol–water partition coefficient (Wildman–Crippen LogP) is -0.325. The van der Waals surface area contributed by atoms with E-state index in [9.17, 15) is 9.90 Å². The molecule has 1 N–H and O–H groups in total. The molecule has 0 aliphatic heterocycles. The normalized spacial score (nSPS) is 29.6. The maximum absolute atomic E-state index is 12.5. The van der Waals surface area contributed by atoms with Gasteiger partial charge in [0, 0.05) is 21.3 Å². The highest BCUT2D eigenvalue weighted by Crippen LogP contribution is 2.37. The van der Waals surface area contributed by atoms with E-state index in [0.717, 1.165) is 0 Å². The quantitative estimate of drug-likeness (QED) is 0.232. The molecular formula is C15H26O9. The van der Waals surface area contributed by atoms with Crippen LogP contribution in [0.5, 0.6) is 0 Å². The van der Waals surface area contributed by atoms with Gasteiger partial charge in [-0.25, -0.2) is 0 Å². The molecule has 0 unspecified atom stereocenters. The maximum atomic E-state index is 12.5. The summed E-state index contributed by atoms with van der Waals surface area (Å²) in [6.45, 7) is -0.298. The van der Waals surface area contributed by atoms with Crippen molar-refractivity contribution in [3.63, 3.8) is 0 Å². The summed E-state index contributed by atoms with van der Waals surface area (Å²) in [5.74, 6) is -0.589. The summed E-state index contributed by atoms with van der Waals surface area (Å²) in [4.78, 5) is 12.5. The van der Waals surface area contributed by atoms with Crippen molar-refractivity contribution < 1.29 is 43.1 Å². The largest absolute Gasteiger partial charge is 0.468 e. The van der Waals surface area contributed by atoms with Crippen LogP contribution in [0.1, 0.15) is 0 Å². The SMILES string of the molecule is COCOC[C@]1(C(=O)OC)C=C[C@H](O)[C@@H](OCOC)[C@@H]1OCOC. The molecule has 0 spiro atoms. The van der Waals surface area contributed by atoms with Crippen LogP contribution < -0.4 is 0 Å². The molecule has 0 heterocycles. The van der Waals surface area contributed by atoms with Gasteiger partial charge in [0.2, 0.25) is 0 Å². The lowest BCUT2D eigenvalue weighted by Gasteiger charge is -2.43. The Balaban J connectivity index is 3.16. The number of esters is 1. The highest BCUT2D eigenvalue weighted by molar-refractivity contribution is 5.80. The first-order chi connectivity index (χ1) is 11.6. The Hall–Kier alpha value is -1.07. The summed E-state index contributed by atoms with van der Waals surface area (Å²) in [6.07, 6.45) is 0.154. The molecule has 0 aromatic carbocycles. The van der Waals surface area contributed by atoms with E-state index < -0.39 is 29.7 Å². The summed E-state index contributed by atoms with van der Waals surface area (Å²) >= 11 is 0. The molecule has 0 saturated heterocycles. The summed E-state index contributed by atoms with van der Waals surface area (Å²) in [6, 6.07) is 0. The van der Waals surface area contributed by atoms with Crippen molar-refractivity contribution in [2.24, 2.45) is 5.41 Å². The molecule has 0 fully saturated rings. The van der Waals surface area contributed by atoms with Crippen molar-refractivity contribution in [3.8, 4) is 0 Å². The number of carbonyl (C=O) groups excluding carboxylic acids is 1. The van der Waals surface area contributed by atoms with Crippen molar-refractivity contribution in [2.45, 2.75) is 18.3 Å². The summed E-state index contributed by atoms with van der Waals surface area (Å²) in [5.41, 5.74) is -1.33. The van der Waals surface area contributed by atoms with Gasteiger partial charge in [0.15, 0.2) is 0 Å². The van der Waals surface area contributed by atoms with Gasteiger partial charge >= 0.3 is 5.97 Å². The summed E-state index contributed by atoms with van der Waals surface area (Å²) in [5, 5.41) is 10.2. The van der Waals surface area contributed by atoms with Crippen molar-refractivity contribution in [3.05, 3.63) is 12.2 Å². The second-order valence-corrected chi connectivity index (χ2v) is 5.17. The lowest BCUT2D eigenvalue weighted by molar-refractivity contribution is -0.224. The molecule has 0 radical (unpaired) electrons. The zero-order valence-corrected chi connectivity index (χ0v) is 14.4. The molecule has 4 atom stereocenters. The molecule has 140 valence electrons. The van der Waals surface area contributed by atoms with E-state index >= 15 is 0 Å². The van der Waals surface area contributed by atoms with Crippen LogP contribution in [0.25, 0.3) is 0 Å². The fourth-order valence-electron chi connectivity index (χ4n) is 2.52. The van der Waals surface area contributed by atoms with Crippen LogP contribution >= 0.6 is 0 Å². The fraction of sp³-hybridized carbons (Fsp3) is 0.800. The highest BCUT2D eigenvalue weighted by atomic mass is 16.7. The van der Waals surface area contributed by atoms with Crippen LogP contribution in [0.3, 0.4) is 0 Å². The number of aliphatic hydroxyl groups excluding tert-OH is 1. The van der Waals surface area contributed by atoms with Crippen LogP contribution in [-0.4, -0.2) is 84.8 Å². The maximum Gasteiger partial charge on any atom is 0.320 e. The average Bonchev–Trinajstić information content (AvgIpc) is 2.60. The van der Waals surface area contributed by atoms with Gasteiger partial charge in [-0.1, -0.05) is 12.2 Å². The molecule has 1 rings (SSSR count). The van der Waals surface area contributed by atoms with Gasteiger partial charge in [0.25, 0.3) is 0 Å². The third kappa shape index (κ3) is 4.96. The molecule has 9 nitrogen and oxygen atoms in total. The first kappa shape index (κ1) is 21.0. The third-order valence-corrected chi connectivity index (χ3v) is 3.58. The Morgan fingerprint density at radius 1 is 1.04 bits per heavy atom. The Morgan fingerprint density at radius 3 is 2.25 bits per heavy atom. The van der Waals surface area contributed by atoms with E-state index in [0.29, 0.717) is 0 Å². The van der Waals surface area contributed by atoms with Gasteiger partial charge in [-0.15, -0.1) is 0 Å². The predicted molar refractivity (Wildman–Crippen MR) is 80.9 cm³/mol. The van der Waals surface area contributed by atoms with E-state index in [2.05, 4.69) is 0 Å². The standard InChI is InChI=1S/C15H26O9/c1-18-8-22-7-15(14(17)21-4)6-5-11(16)12(23-9-19-2)13(15)24-10-20-3/h5-6,11-13,16H,7-10H2,1-4H3/t11-,12+,13-,15+/m0/s1. The Kier molecular flexibility index (Phi) is 9.37. The number of hydrogen-bond donors (Lipinski definition) is 1. The van der Waals surface area contributed by atoms with Gasteiger partial charge < -0.3 is 38.3 Å². The van der Waals surface area contributed by atoms with Gasteiger partial charge in [0.1, 0.15) is 44.1 Å². The molecule has 24 heavy (non-hydrogen) atoms. The van der Waals surface area contributed by atoms with Gasteiger partial charge in [-0.3, -0.25) is 4.79 Å². The van der Waals surface area contributed by atoms with Crippen molar-refractivity contribution in [1.29, 1.82) is 0 Å². The zero-order valence-electron chi connectivity index (χ0n) is 14.4. The average molecular weight is 350 g/mol. The topological polar surface area (TPSA) is 102 Å². The van der Waals surface area contributed by atoms with Crippen LogP contribution in [-0.2, 0) is 38.0 Å². The Bertz CT molecular complexity index is 400. The molecule has 0 saturated carbocycles. The minimum atomic E-state index is -1.33. The molecule has 0 bridgehead atoms. The second-order valence-electron chi connectivity index (χ2n) is 5.17. The Morgan fingerprint density at radius 2 is 1.67 bits per heavy atom. The fourth-order valence-corrected chi connectivity index (χ4v) is 2.52. The smallest absolute Gasteiger partial charge is 0.320 e. The number of carbonyl (C=O) groups is 1. The second kappa shape index (κ2) is 10.7. The first-order valence-electron chi connectivity index (χ1n) is 7.31. The molecule has 0 amide bonds. The van der Waals surface area contributed by atoms with Crippen LogP contribution in [0.4, 0.5) is 0 Å². The van der Waals surface area contributed by atoms with Crippen molar-refractivity contribution in [2.75, 3.05) is 55.4 Å². The van der Waals surface area contributed by atoms with Crippen LogP contribution in [0, 0.1) is 5.41 Å². The van der Waals surface area contributed by atoms with E-state index in [-0.39, 0.29) is 27.0 Å². The van der Waals surface area contributed by atoms with Gasteiger partial charge in [-0.05, 0) is 0 Å². The number of ether oxygens (including phenoxy) is 7. The number of rotatable bonds is 11. The van der Waals surface area contributed by atoms with E-state index in [1.165, 1.54) is 40.6 Å². The third-order valence-electron chi connectivity index (χ3n) is 3.58. The highest BCUT2D eigenvalue weighted by Gasteiger charge is 2.54. The minimum Gasteiger partial charge on any atom is -0.468 e. The zero-order chi connectivity index (χ0) is 18.0. The summed E-state index contributed by atoms with van der Waals surface area (Å²) < 4.78 is 36.1. The van der Waals surface area contributed by atoms with E-state index in [4.69, 9.17) is 33.2 Å². The van der Waals surface area contributed by atoms with Crippen molar-refractivity contribution in [1.82, 2.24) is 0 Å². The molecule has 0 aromatic heterocycles. The lowest BCUT2D eigenvalue weighted by Crippen LogP contribution is -2.58. The van der Waals surface area contributed by atoms with Crippen molar-refractivity contribution >= 4 is 5.97 Å². The molecular weight excluding hydrogens is 324 g/mol. The van der Waals surface area contributed by atoms with E-state index in [1.54, 1.807) is 0 Å². The number of methoxy groups -OCH3 is 4. The molecule has 9 heteroatoms. The number of hydrogen-bond acceptors (Lipinski definition) is 9. The molecule has 1 aliphatic rings. The van der Waals surface area contributed by atoms with Crippen LogP contribution in [0.15, 0.2) is 12.2 Å². The van der Waals surface area contributed by atoms with Crippen LogP contribution in [0.2, 0.25) is 0 Å². The monoisotopic (exact) mass is 350 g/mol. The number of aliphatic hydroxyl groups is 1. The Labute approximate surface area is 141 Å². The van der Waals surface area contributed by atoms with E-state index in [1.807, 2.05) is 0 Å². The summed E-state index contributed by atoms with van der Waals surface area (Å²) in [7, 11) is 5.62. The van der Waals surface area contributed by atoms with Gasteiger partial charge in [0.05, 0.1) is 13.7 Å². The minimum absolute atomic E-state index is 0.0181. The lowest BCUT2D eigenvalue weighted by atomic mass is 9.74. The first-order valence-corrected chi connectivity index (χ1v) is 7.31. The van der Waals surface area contributed by atoms with Gasteiger partial charge in [-0.2, -0.15) is 0 Å². The molecule has 0 aromatic rings.